The molecule has 0 saturated heterocycles. The van der Waals surface area contributed by atoms with Gasteiger partial charge in [0.05, 0.1) is 10.6 Å². The number of hydrogen-bond donors (Lipinski definition) is 2. The van der Waals surface area contributed by atoms with E-state index in [0.29, 0.717) is 10.6 Å². The van der Waals surface area contributed by atoms with Crippen LogP contribution >= 0.6 is 11.6 Å². The number of nitrogens with zero attached hydrogens (tertiary/aromatic N) is 1. The number of hydrogen-bond acceptors (Lipinski definition) is 4. The summed E-state index contributed by atoms with van der Waals surface area (Å²) in [6.45, 7) is 3.94. The predicted molar refractivity (Wildman–Crippen MR) is 65.4 cm³/mol. The van der Waals surface area contributed by atoms with Gasteiger partial charge in [0.2, 0.25) is 0 Å². The molecular formula is C11H16ClN3O. The molecule has 0 amide bonds. The van der Waals surface area contributed by atoms with Crippen LogP contribution in [-0.4, -0.2) is 16.8 Å². The molecule has 0 aliphatic rings. The maximum Gasteiger partial charge on any atom is 0.168 e. The normalized spacial score (nSPS) is 12.8. The molecule has 1 rings (SSSR count). The van der Waals surface area contributed by atoms with Crippen LogP contribution in [0.25, 0.3) is 0 Å². The summed E-state index contributed by atoms with van der Waals surface area (Å²) in [5.41, 5.74) is 11.8. The van der Waals surface area contributed by atoms with Crippen LogP contribution in [0.2, 0.25) is 5.02 Å². The number of rotatable bonds is 4. The van der Waals surface area contributed by atoms with Gasteiger partial charge in [0.1, 0.15) is 5.82 Å². The molecule has 1 aromatic heterocycles. The van der Waals surface area contributed by atoms with Gasteiger partial charge in [0, 0.05) is 18.7 Å². The number of carbonyl (C=O) groups excluding carboxylic acids is 1. The summed E-state index contributed by atoms with van der Waals surface area (Å²) < 4.78 is 0. The molecule has 0 aliphatic heterocycles. The van der Waals surface area contributed by atoms with Crippen LogP contribution in [0, 0.1) is 5.92 Å². The van der Waals surface area contributed by atoms with E-state index in [2.05, 4.69) is 4.98 Å². The van der Waals surface area contributed by atoms with Gasteiger partial charge in [-0.25, -0.2) is 4.98 Å². The Kier molecular flexibility index (Phi) is 4.26. The lowest BCUT2D eigenvalue weighted by Gasteiger charge is -2.14. The average molecular weight is 242 g/mol. The van der Waals surface area contributed by atoms with Gasteiger partial charge in [0.15, 0.2) is 5.78 Å². The Hall–Kier alpha value is -1.13. The second kappa shape index (κ2) is 5.27. The largest absolute Gasteiger partial charge is 0.383 e. The molecule has 1 aromatic rings. The zero-order valence-electron chi connectivity index (χ0n) is 9.40. The highest BCUT2D eigenvalue weighted by Crippen LogP contribution is 2.18. The summed E-state index contributed by atoms with van der Waals surface area (Å²) in [5.74, 6) is 0.330. The molecule has 1 heterocycles. The van der Waals surface area contributed by atoms with E-state index in [9.17, 15) is 4.79 Å². The van der Waals surface area contributed by atoms with Crippen molar-refractivity contribution >= 4 is 23.2 Å². The number of nitrogens with two attached hydrogens (primary N) is 2. The first-order valence-corrected chi connectivity index (χ1v) is 5.49. The summed E-state index contributed by atoms with van der Waals surface area (Å²) in [6.07, 6.45) is 1.67. The lowest BCUT2D eigenvalue weighted by atomic mass is 9.97. The maximum atomic E-state index is 11.9. The molecule has 5 heteroatoms. The highest BCUT2D eigenvalue weighted by atomic mass is 35.5. The van der Waals surface area contributed by atoms with Crippen LogP contribution in [0.5, 0.6) is 0 Å². The molecule has 0 spiro atoms. The first-order chi connectivity index (χ1) is 7.41. The van der Waals surface area contributed by atoms with Gasteiger partial charge in [0.25, 0.3) is 0 Å². The lowest BCUT2D eigenvalue weighted by molar-refractivity contribution is 0.0968. The van der Waals surface area contributed by atoms with Gasteiger partial charge in [-0.2, -0.15) is 0 Å². The number of carbonyl (C=O) groups is 1. The fraction of sp³-hybridized carbons (Fsp3) is 0.455. The standard InChI is InChI=1S/C11H16ClN3O/c1-6(2)9(13)4-10(16)8-3-7(12)5-15-11(8)14/h3,5-6,9H,4,13H2,1-2H3,(H2,14,15). The second-order valence-electron chi connectivity index (χ2n) is 4.12. The van der Waals surface area contributed by atoms with Crippen molar-refractivity contribution in [2.45, 2.75) is 26.3 Å². The quantitative estimate of drug-likeness (QED) is 0.789. The molecule has 1 unspecified atom stereocenters. The van der Waals surface area contributed by atoms with Crippen molar-refractivity contribution in [1.29, 1.82) is 0 Å². The highest BCUT2D eigenvalue weighted by molar-refractivity contribution is 6.31. The van der Waals surface area contributed by atoms with Gasteiger partial charge in [-0.05, 0) is 12.0 Å². The molecule has 0 saturated carbocycles. The fourth-order valence-corrected chi connectivity index (χ4v) is 1.39. The third-order valence-electron chi connectivity index (χ3n) is 2.46. The minimum absolute atomic E-state index is 0.117. The number of anilines is 1. The molecule has 0 aromatic carbocycles. The first-order valence-electron chi connectivity index (χ1n) is 5.11. The van der Waals surface area contributed by atoms with Gasteiger partial charge in [-0.3, -0.25) is 4.79 Å². The van der Waals surface area contributed by atoms with Crippen molar-refractivity contribution in [2.24, 2.45) is 11.7 Å². The third-order valence-corrected chi connectivity index (χ3v) is 2.67. The molecule has 88 valence electrons. The maximum absolute atomic E-state index is 11.9. The minimum Gasteiger partial charge on any atom is -0.383 e. The van der Waals surface area contributed by atoms with E-state index in [4.69, 9.17) is 23.1 Å². The van der Waals surface area contributed by atoms with E-state index in [1.54, 1.807) is 0 Å². The van der Waals surface area contributed by atoms with E-state index < -0.39 is 0 Å². The Bertz CT molecular complexity index is 393. The van der Waals surface area contributed by atoms with E-state index in [1.807, 2.05) is 13.8 Å². The highest BCUT2D eigenvalue weighted by Gasteiger charge is 2.17. The molecule has 4 N–H and O–H groups in total. The minimum atomic E-state index is -0.175. The van der Waals surface area contributed by atoms with Crippen LogP contribution in [0.15, 0.2) is 12.3 Å². The van der Waals surface area contributed by atoms with Crippen molar-refractivity contribution in [1.82, 2.24) is 4.98 Å². The lowest BCUT2D eigenvalue weighted by Crippen LogP contribution is -2.29. The van der Waals surface area contributed by atoms with Crippen LogP contribution < -0.4 is 11.5 Å². The SMILES string of the molecule is CC(C)C(N)CC(=O)c1cc(Cl)cnc1N. The number of ketones is 1. The Morgan fingerprint density at radius 1 is 1.56 bits per heavy atom. The number of Topliss-reactive ketones (excluding diaryl/α,β-unsaturated/α-hetero) is 1. The molecule has 0 bridgehead atoms. The summed E-state index contributed by atoms with van der Waals surface area (Å²) in [5, 5.41) is 0.399. The van der Waals surface area contributed by atoms with Crippen molar-refractivity contribution in [2.75, 3.05) is 5.73 Å². The summed E-state index contributed by atoms with van der Waals surface area (Å²) >= 11 is 5.76. The Morgan fingerprint density at radius 3 is 2.75 bits per heavy atom. The van der Waals surface area contributed by atoms with Crippen molar-refractivity contribution in [3.8, 4) is 0 Å². The van der Waals surface area contributed by atoms with Crippen LogP contribution in [0.1, 0.15) is 30.6 Å². The van der Waals surface area contributed by atoms with Crippen LogP contribution in [0.3, 0.4) is 0 Å². The number of pyridine rings is 1. The van der Waals surface area contributed by atoms with Gasteiger partial charge in [-0.15, -0.1) is 0 Å². The van der Waals surface area contributed by atoms with Crippen LogP contribution in [-0.2, 0) is 0 Å². The van der Waals surface area contributed by atoms with Gasteiger partial charge < -0.3 is 11.5 Å². The van der Waals surface area contributed by atoms with Crippen LogP contribution in [0.4, 0.5) is 5.82 Å². The van der Waals surface area contributed by atoms with E-state index in [1.165, 1.54) is 12.3 Å². The summed E-state index contributed by atoms with van der Waals surface area (Å²) in [4.78, 5) is 15.7. The molecular weight excluding hydrogens is 226 g/mol. The number of halogens is 1. The second-order valence-corrected chi connectivity index (χ2v) is 4.56. The molecule has 0 radical (unpaired) electrons. The van der Waals surface area contributed by atoms with E-state index in [0.717, 1.165) is 0 Å². The number of aromatic nitrogens is 1. The topological polar surface area (TPSA) is 82.0 Å². The van der Waals surface area contributed by atoms with E-state index >= 15 is 0 Å². The van der Waals surface area contributed by atoms with Gasteiger partial charge in [-0.1, -0.05) is 25.4 Å². The fourth-order valence-electron chi connectivity index (χ4n) is 1.23. The molecule has 4 nitrogen and oxygen atoms in total. The van der Waals surface area contributed by atoms with Crippen molar-refractivity contribution < 1.29 is 4.79 Å². The molecule has 0 aliphatic carbocycles. The van der Waals surface area contributed by atoms with E-state index in [-0.39, 0.29) is 30.0 Å². The number of nitrogen functional groups attached to an aromatic ring is 1. The predicted octanol–water partition coefficient (Wildman–Crippen LogP) is 1.87. The zero-order valence-corrected chi connectivity index (χ0v) is 10.2. The summed E-state index contributed by atoms with van der Waals surface area (Å²) in [6, 6.07) is 1.35. The Balaban J connectivity index is 2.84. The van der Waals surface area contributed by atoms with Crippen molar-refractivity contribution in [3.63, 3.8) is 0 Å². The van der Waals surface area contributed by atoms with Crippen molar-refractivity contribution in [3.05, 3.63) is 22.8 Å². The molecule has 0 fully saturated rings. The molecule has 16 heavy (non-hydrogen) atoms. The summed E-state index contributed by atoms with van der Waals surface area (Å²) in [7, 11) is 0. The zero-order chi connectivity index (χ0) is 12.3. The smallest absolute Gasteiger partial charge is 0.168 e. The average Bonchev–Trinajstić information content (AvgIpc) is 2.21. The Labute approximate surface area is 100.0 Å². The first kappa shape index (κ1) is 12.9. The monoisotopic (exact) mass is 241 g/mol. The third kappa shape index (κ3) is 3.18. The van der Waals surface area contributed by atoms with Gasteiger partial charge >= 0.3 is 0 Å². The Morgan fingerprint density at radius 2 is 2.19 bits per heavy atom. The molecule has 1 atom stereocenters.